The zero-order valence-electron chi connectivity index (χ0n) is 16.4. The summed E-state index contributed by atoms with van der Waals surface area (Å²) in [6.45, 7) is 4.91. The Morgan fingerprint density at radius 3 is 2.39 bits per heavy atom. The number of ether oxygens (including phenoxy) is 1. The predicted molar refractivity (Wildman–Crippen MR) is 104 cm³/mol. The number of nitrogens with one attached hydrogen (secondary N) is 2. The van der Waals surface area contributed by atoms with Crippen molar-refractivity contribution in [3.05, 3.63) is 58.4 Å². The highest BCUT2D eigenvalue weighted by Gasteiger charge is 2.29. The molecule has 2 rings (SSSR count). The summed E-state index contributed by atoms with van der Waals surface area (Å²) >= 11 is 0. The molecule has 1 aromatic carbocycles. The van der Waals surface area contributed by atoms with Crippen LogP contribution in [-0.4, -0.2) is 31.6 Å². The Labute approximate surface area is 163 Å². The van der Waals surface area contributed by atoms with Gasteiger partial charge in [-0.3, -0.25) is 9.98 Å². The largest absolute Gasteiger partial charge is 0.496 e. The van der Waals surface area contributed by atoms with Crippen LogP contribution in [0.4, 0.5) is 13.2 Å². The van der Waals surface area contributed by atoms with Crippen molar-refractivity contribution in [3.63, 3.8) is 0 Å². The first kappa shape index (κ1) is 21.5. The van der Waals surface area contributed by atoms with Gasteiger partial charge >= 0.3 is 6.18 Å². The highest BCUT2D eigenvalue weighted by Crippen LogP contribution is 2.29. The fourth-order valence-corrected chi connectivity index (χ4v) is 2.82. The minimum atomic E-state index is -4.31. The summed E-state index contributed by atoms with van der Waals surface area (Å²) in [6.07, 6.45) is -1.97. The van der Waals surface area contributed by atoms with Crippen molar-refractivity contribution in [2.75, 3.05) is 20.7 Å². The molecule has 2 aromatic rings. The van der Waals surface area contributed by atoms with Gasteiger partial charge in [-0.05, 0) is 38.0 Å². The summed E-state index contributed by atoms with van der Waals surface area (Å²) in [5, 5.41) is 6.33. The van der Waals surface area contributed by atoms with Gasteiger partial charge in [-0.2, -0.15) is 13.2 Å². The molecule has 1 aromatic heterocycles. The molecule has 8 heteroatoms. The van der Waals surface area contributed by atoms with Gasteiger partial charge < -0.3 is 15.4 Å². The molecule has 0 aliphatic carbocycles. The van der Waals surface area contributed by atoms with E-state index >= 15 is 0 Å². The Balaban J connectivity index is 1.87. The summed E-state index contributed by atoms with van der Waals surface area (Å²) in [5.74, 6) is 1.41. The molecule has 0 saturated carbocycles. The van der Waals surface area contributed by atoms with E-state index in [0.717, 1.165) is 40.3 Å². The first-order valence-corrected chi connectivity index (χ1v) is 8.86. The SMILES string of the molecule is CN=C(NCCc1ccc(C(F)(F)F)cc1)NCc1ncc(C)c(OC)c1C. The van der Waals surface area contributed by atoms with Crippen molar-refractivity contribution in [2.24, 2.45) is 4.99 Å². The monoisotopic (exact) mass is 394 g/mol. The fourth-order valence-electron chi connectivity index (χ4n) is 2.82. The molecule has 0 aliphatic rings. The van der Waals surface area contributed by atoms with Crippen LogP contribution < -0.4 is 15.4 Å². The Kier molecular flexibility index (Phi) is 7.25. The second-order valence-corrected chi connectivity index (χ2v) is 6.34. The van der Waals surface area contributed by atoms with Gasteiger partial charge in [0.05, 0.1) is 24.9 Å². The first-order valence-electron chi connectivity index (χ1n) is 8.86. The van der Waals surface area contributed by atoms with Crippen LogP contribution in [0.3, 0.4) is 0 Å². The molecule has 5 nitrogen and oxygen atoms in total. The van der Waals surface area contributed by atoms with E-state index in [-0.39, 0.29) is 0 Å². The van der Waals surface area contributed by atoms with E-state index in [1.54, 1.807) is 20.4 Å². The molecule has 1 heterocycles. The van der Waals surface area contributed by atoms with Crippen LogP contribution in [0.15, 0.2) is 35.5 Å². The minimum absolute atomic E-state index is 0.475. The van der Waals surface area contributed by atoms with Crippen LogP contribution in [-0.2, 0) is 19.1 Å². The third kappa shape index (κ3) is 5.61. The number of aryl methyl sites for hydroxylation is 1. The van der Waals surface area contributed by atoms with Gasteiger partial charge in [0.1, 0.15) is 5.75 Å². The maximum absolute atomic E-state index is 12.6. The number of guanidine groups is 1. The van der Waals surface area contributed by atoms with Crippen LogP contribution in [0.5, 0.6) is 5.75 Å². The number of nitrogens with zero attached hydrogens (tertiary/aromatic N) is 2. The van der Waals surface area contributed by atoms with Crippen LogP contribution in [0.25, 0.3) is 0 Å². The summed E-state index contributed by atoms with van der Waals surface area (Å²) in [7, 11) is 3.29. The van der Waals surface area contributed by atoms with Gasteiger partial charge in [0.25, 0.3) is 0 Å². The van der Waals surface area contributed by atoms with E-state index in [1.807, 2.05) is 13.8 Å². The summed E-state index contributed by atoms with van der Waals surface area (Å²) in [5.41, 5.74) is 2.97. The number of halogens is 3. The zero-order chi connectivity index (χ0) is 20.7. The number of methoxy groups -OCH3 is 1. The van der Waals surface area contributed by atoms with E-state index in [4.69, 9.17) is 4.74 Å². The van der Waals surface area contributed by atoms with Crippen LogP contribution in [0.1, 0.15) is 27.9 Å². The maximum Gasteiger partial charge on any atom is 0.416 e. The summed E-state index contributed by atoms with van der Waals surface area (Å²) in [6, 6.07) is 5.18. The normalized spacial score (nSPS) is 12.0. The molecule has 0 fully saturated rings. The number of pyridine rings is 1. The molecule has 0 amide bonds. The van der Waals surface area contributed by atoms with Crippen molar-refractivity contribution in [2.45, 2.75) is 33.0 Å². The summed E-state index contributed by atoms with van der Waals surface area (Å²) in [4.78, 5) is 8.59. The lowest BCUT2D eigenvalue weighted by Gasteiger charge is -2.15. The average Bonchev–Trinajstić information content (AvgIpc) is 2.66. The number of benzene rings is 1. The standard InChI is InChI=1S/C20H25F3N4O/c1-13-11-26-17(14(2)18(13)28-4)12-27-19(24-3)25-10-9-15-5-7-16(8-6-15)20(21,22)23/h5-8,11H,9-10,12H2,1-4H3,(H2,24,25,27). The van der Waals surface area contributed by atoms with Crippen molar-refractivity contribution >= 4 is 5.96 Å². The highest BCUT2D eigenvalue weighted by atomic mass is 19.4. The van der Waals surface area contributed by atoms with Gasteiger partial charge in [-0.25, -0.2) is 0 Å². The van der Waals surface area contributed by atoms with Crippen LogP contribution in [0, 0.1) is 13.8 Å². The number of alkyl halides is 3. The Bertz CT molecular complexity index is 817. The quantitative estimate of drug-likeness (QED) is 0.580. The molecule has 0 saturated heterocycles. The number of aromatic nitrogens is 1. The van der Waals surface area contributed by atoms with Gasteiger partial charge in [-0.15, -0.1) is 0 Å². The topological polar surface area (TPSA) is 58.5 Å². The Morgan fingerprint density at radius 2 is 1.82 bits per heavy atom. The van der Waals surface area contributed by atoms with E-state index in [2.05, 4.69) is 20.6 Å². The molecular formula is C20H25F3N4O. The van der Waals surface area contributed by atoms with Gasteiger partial charge in [0.2, 0.25) is 0 Å². The predicted octanol–water partition coefficient (Wildman–Crippen LogP) is 3.63. The minimum Gasteiger partial charge on any atom is -0.496 e. The molecule has 0 unspecified atom stereocenters. The maximum atomic E-state index is 12.6. The molecule has 152 valence electrons. The number of hydrogen-bond donors (Lipinski definition) is 2. The molecule has 0 atom stereocenters. The average molecular weight is 394 g/mol. The Morgan fingerprint density at radius 1 is 1.14 bits per heavy atom. The smallest absolute Gasteiger partial charge is 0.416 e. The summed E-state index contributed by atoms with van der Waals surface area (Å²) < 4.78 is 43.2. The van der Waals surface area contributed by atoms with Crippen molar-refractivity contribution in [1.29, 1.82) is 0 Å². The fraction of sp³-hybridized carbons (Fsp3) is 0.400. The third-order valence-electron chi connectivity index (χ3n) is 4.38. The van der Waals surface area contributed by atoms with E-state index in [9.17, 15) is 13.2 Å². The molecule has 2 N–H and O–H groups in total. The lowest BCUT2D eigenvalue weighted by Crippen LogP contribution is -2.38. The van der Waals surface area contributed by atoms with Gasteiger partial charge in [0.15, 0.2) is 5.96 Å². The second kappa shape index (κ2) is 9.43. The zero-order valence-corrected chi connectivity index (χ0v) is 16.4. The van der Waals surface area contributed by atoms with Crippen molar-refractivity contribution < 1.29 is 17.9 Å². The van der Waals surface area contributed by atoms with Crippen LogP contribution in [0.2, 0.25) is 0 Å². The number of rotatable bonds is 6. The number of hydrogen-bond acceptors (Lipinski definition) is 3. The van der Waals surface area contributed by atoms with Crippen molar-refractivity contribution in [1.82, 2.24) is 15.6 Å². The molecule has 0 aliphatic heterocycles. The highest BCUT2D eigenvalue weighted by molar-refractivity contribution is 5.79. The molecule has 0 spiro atoms. The first-order chi connectivity index (χ1) is 13.3. The third-order valence-corrected chi connectivity index (χ3v) is 4.38. The van der Waals surface area contributed by atoms with E-state index in [0.29, 0.717) is 25.5 Å². The molecule has 0 radical (unpaired) electrons. The molecule has 28 heavy (non-hydrogen) atoms. The number of aliphatic imine (C=N–C) groups is 1. The van der Waals surface area contributed by atoms with Gasteiger partial charge in [-0.1, -0.05) is 12.1 Å². The van der Waals surface area contributed by atoms with E-state index in [1.165, 1.54) is 12.1 Å². The van der Waals surface area contributed by atoms with E-state index < -0.39 is 11.7 Å². The lowest BCUT2D eigenvalue weighted by atomic mass is 10.1. The Hall–Kier alpha value is -2.77. The molecule has 0 bridgehead atoms. The molecular weight excluding hydrogens is 369 g/mol. The van der Waals surface area contributed by atoms with Crippen LogP contribution >= 0.6 is 0 Å². The van der Waals surface area contributed by atoms with Gasteiger partial charge in [0, 0.05) is 30.9 Å². The lowest BCUT2D eigenvalue weighted by molar-refractivity contribution is -0.137. The van der Waals surface area contributed by atoms with Crippen molar-refractivity contribution in [3.8, 4) is 5.75 Å². The second-order valence-electron chi connectivity index (χ2n) is 6.34.